The molecule has 38 heavy (non-hydrogen) atoms. The molecule has 0 spiro atoms. The lowest BCUT2D eigenvalue weighted by molar-refractivity contribution is -0.128. The molecule has 1 aromatic heterocycles. The van der Waals surface area contributed by atoms with Gasteiger partial charge < -0.3 is 10.2 Å². The van der Waals surface area contributed by atoms with Crippen molar-refractivity contribution >= 4 is 21.8 Å². The van der Waals surface area contributed by atoms with Crippen LogP contribution in [0.1, 0.15) is 34.1 Å². The minimum absolute atomic E-state index is 0.0626. The van der Waals surface area contributed by atoms with Crippen molar-refractivity contribution in [1.29, 1.82) is 5.26 Å². The topological polar surface area (TPSA) is 123 Å². The van der Waals surface area contributed by atoms with Crippen LogP contribution in [0.15, 0.2) is 77.8 Å². The number of carbonyl (C=O) groups is 2. The zero-order chi connectivity index (χ0) is 26.9. The van der Waals surface area contributed by atoms with E-state index in [0.29, 0.717) is 41.7 Å². The van der Waals surface area contributed by atoms with E-state index in [1.807, 2.05) is 11.0 Å². The number of amides is 2. The van der Waals surface area contributed by atoms with Crippen molar-refractivity contribution < 1.29 is 18.0 Å². The largest absolute Gasteiger partial charge is 0.349 e. The van der Waals surface area contributed by atoms with Crippen molar-refractivity contribution in [2.24, 2.45) is 11.8 Å². The van der Waals surface area contributed by atoms with Crippen LogP contribution in [0.4, 0.5) is 0 Å². The van der Waals surface area contributed by atoms with Gasteiger partial charge in [0.2, 0.25) is 15.9 Å². The van der Waals surface area contributed by atoms with Crippen LogP contribution in [-0.4, -0.2) is 53.6 Å². The molecule has 3 aromatic rings. The van der Waals surface area contributed by atoms with Crippen molar-refractivity contribution in [3.63, 3.8) is 0 Å². The summed E-state index contributed by atoms with van der Waals surface area (Å²) in [4.78, 5) is 30.5. The Balaban J connectivity index is 1.29. The lowest BCUT2D eigenvalue weighted by Crippen LogP contribution is -2.36. The van der Waals surface area contributed by atoms with Gasteiger partial charge in [-0.1, -0.05) is 18.2 Å². The first-order chi connectivity index (χ1) is 18.3. The first kappa shape index (κ1) is 25.6. The first-order valence-electron chi connectivity index (χ1n) is 12.3. The van der Waals surface area contributed by atoms with E-state index < -0.39 is 10.0 Å². The van der Waals surface area contributed by atoms with Crippen molar-refractivity contribution in [3.05, 3.63) is 95.3 Å². The van der Waals surface area contributed by atoms with Gasteiger partial charge in [-0.2, -0.15) is 9.57 Å². The second kappa shape index (κ2) is 10.4. The highest BCUT2D eigenvalue weighted by atomic mass is 32.2. The zero-order valence-corrected chi connectivity index (χ0v) is 21.6. The van der Waals surface area contributed by atoms with E-state index >= 15 is 0 Å². The summed E-state index contributed by atoms with van der Waals surface area (Å²) < 4.78 is 28.4. The molecule has 1 saturated carbocycles. The van der Waals surface area contributed by atoms with Crippen LogP contribution in [-0.2, 0) is 27.9 Å². The number of piperidine rings is 1. The molecule has 1 unspecified atom stereocenters. The number of nitrogens with zero attached hydrogens (tertiary/aromatic N) is 4. The molecule has 2 amide bonds. The number of likely N-dealkylation sites (tertiary alicyclic amines) is 1. The Labute approximate surface area is 221 Å². The molecule has 10 heteroatoms. The smallest absolute Gasteiger partial charge is 0.251 e. The SMILES string of the molecule is CC(=O)N1C[C@@H]2C(NC(=O)c3ccc(CN(Cc4ccccn4)S(=O)(=O)c4ccc(C#N)cc4)cc3)[C@@H]2C1. The van der Waals surface area contributed by atoms with E-state index in [0.717, 1.165) is 5.56 Å². The van der Waals surface area contributed by atoms with Crippen LogP contribution in [0, 0.1) is 23.2 Å². The molecule has 1 aliphatic heterocycles. The van der Waals surface area contributed by atoms with Gasteiger partial charge in [0, 0.05) is 56.2 Å². The number of benzene rings is 2. The molecule has 2 heterocycles. The molecule has 1 aliphatic carbocycles. The van der Waals surface area contributed by atoms with Crippen LogP contribution < -0.4 is 5.32 Å². The van der Waals surface area contributed by atoms with E-state index in [9.17, 15) is 18.0 Å². The zero-order valence-electron chi connectivity index (χ0n) is 20.8. The average molecular weight is 530 g/mol. The summed E-state index contributed by atoms with van der Waals surface area (Å²) in [5.74, 6) is 0.515. The molecule has 0 radical (unpaired) electrons. The number of aromatic nitrogens is 1. The Kier molecular flexibility index (Phi) is 6.97. The normalized spacial score (nSPS) is 20.0. The van der Waals surface area contributed by atoms with E-state index in [4.69, 9.17) is 5.26 Å². The number of nitrogens with one attached hydrogen (secondary N) is 1. The fraction of sp³-hybridized carbons (Fsp3) is 0.286. The third-order valence-electron chi connectivity index (χ3n) is 7.20. The number of carbonyl (C=O) groups excluding carboxylic acids is 2. The van der Waals surface area contributed by atoms with E-state index in [1.165, 1.54) is 28.6 Å². The first-order valence-corrected chi connectivity index (χ1v) is 13.8. The van der Waals surface area contributed by atoms with Crippen LogP contribution in [0.25, 0.3) is 0 Å². The molecule has 3 atom stereocenters. The molecule has 2 fully saturated rings. The Hall–Kier alpha value is -4.07. The van der Waals surface area contributed by atoms with Gasteiger partial charge >= 0.3 is 0 Å². The highest BCUT2D eigenvalue weighted by Crippen LogP contribution is 2.45. The van der Waals surface area contributed by atoms with Crippen LogP contribution in [0.5, 0.6) is 0 Å². The Bertz CT molecular complexity index is 1470. The number of fused-ring (bicyclic) bond motifs is 1. The quantitative estimate of drug-likeness (QED) is 0.478. The van der Waals surface area contributed by atoms with E-state index in [1.54, 1.807) is 55.6 Å². The molecule has 1 N–H and O–H groups in total. The summed E-state index contributed by atoms with van der Waals surface area (Å²) in [6.45, 7) is 3.07. The number of pyridine rings is 1. The van der Waals surface area contributed by atoms with Gasteiger partial charge in [0.05, 0.1) is 28.8 Å². The fourth-order valence-corrected chi connectivity index (χ4v) is 6.35. The van der Waals surface area contributed by atoms with Gasteiger partial charge in [0.15, 0.2) is 0 Å². The lowest BCUT2D eigenvalue weighted by atomic mass is 10.1. The van der Waals surface area contributed by atoms with Gasteiger partial charge in [0.1, 0.15) is 0 Å². The molecule has 194 valence electrons. The van der Waals surface area contributed by atoms with Gasteiger partial charge in [0.25, 0.3) is 5.91 Å². The summed E-state index contributed by atoms with van der Waals surface area (Å²) in [6.07, 6.45) is 1.61. The van der Waals surface area contributed by atoms with Gasteiger partial charge in [-0.05, 0) is 54.1 Å². The maximum absolute atomic E-state index is 13.5. The van der Waals surface area contributed by atoms with Crippen molar-refractivity contribution in [1.82, 2.24) is 19.5 Å². The molecule has 1 saturated heterocycles. The summed E-state index contributed by atoms with van der Waals surface area (Å²) >= 11 is 0. The van der Waals surface area contributed by atoms with E-state index in [-0.39, 0.29) is 35.8 Å². The second-order valence-corrected chi connectivity index (χ2v) is 11.6. The Morgan fingerprint density at radius 1 is 1.03 bits per heavy atom. The summed E-state index contributed by atoms with van der Waals surface area (Å²) in [5.41, 5.74) is 2.18. The van der Waals surface area contributed by atoms with Gasteiger partial charge in [-0.15, -0.1) is 0 Å². The summed E-state index contributed by atoms with van der Waals surface area (Å²) in [7, 11) is -3.90. The van der Waals surface area contributed by atoms with Crippen LogP contribution in [0.3, 0.4) is 0 Å². The molecule has 0 bridgehead atoms. The molecule has 9 nitrogen and oxygen atoms in total. The molecule has 5 rings (SSSR count). The van der Waals surface area contributed by atoms with Crippen molar-refractivity contribution in [3.8, 4) is 6.07 Å². The number of rotatable bonds is 8. The Morgan fingerprint density at radius 3 is 2.29 bits per heavy atom. The van der Waals surface area contributed by atoms with Gasteiger partial charge in [-0.25, -0.2) is 8.42 Å². The fourth-order valence-electron chi connectivity index (χ4n) is 4.95. The lowest BCUT2D eigenvalue weighted by Gasteiger charge is -2.22. The standard InChI is InChI=1S/C28H27N5O4S/c1-19(34)32-17-25-26(18-32)27(25)31-28(35)22-9-5-21(6-10-22)15-33(16-23-4-2-3-13-30-23)38(36,37)24-11-7-20(14-29)8-12-24/h2-13,25-27H,15-18H2,1H3,(H,31,35)/t25-,26+,27?. The minimum atomic E-state index is -3.90. The molecule has 2 aromatic carbocycles. The minimum Gasteiger partial charge on any atom is -0.349 e. The predicted octanol–water partition coefficient (Wildman–Crippen LogP) is 2.55. The maximum atomic E-state index is 13.5. The maximum Gasteiger partial charge on any atom is 0.251 e. The van der Waals surface area contributed by atoms with Gasteiger partial charge in [-0.3, -0.25) is 14.6 Å². The monoisotopic (exact) mass is 529 g/mol. The van der Waals surface area contributed by atoms with Crippen LogP contribution >= 0.6 is 0 Å². The highest BCUT2D eigenvalue weighted by Gasteiger charge is 2.57. The van der Waals surface area contributed by atoms with E-state index in [2.05, 4.69) is 10.3 Å². The number of hydrogen-bond acceptors (Lipinski definition) is 6. The third-order valence-corrected chi connectivity index (χ3v) is 9.00. The molecular weight excluding hydrogens is 502 g/mol. The van der Waals surface area contributed by atoms with Crippen molar-refractivity contribution in [2.75, 3.05) is 13.1 Å². The summed E-state index contributed by atoms with van der Waals surface area (Å²) in [6, 6.07) is 20.1. The average Bonchev–Trinajstić information content (AvgIpc) is 3.34. The Morgan fingerprint density at radius 2 is 1.71 bits per heavy atom. The highest BCUT2D eigenvalue weighted by molar-refractivity contribution is 7.89. The number of hydrogen-bond donors (Lipinski definition) is 1. The number of nitriles is 1. The number of sulfonamides is 1. The van der Waals surface area contributed by atoms with Crippen LogP contribution in [0.2, 0.25) is 0 Å². The molecular formula is C28H27N5O4S. The second-order valence-electron chi connectivity index (χ2n) is 9.68. The third kappa shape index (κ3) is 5.30. The van der Waals surface area contributed by atoms with Crippen molar-refractivity contribution in [2.45, 2.75) is 31.0 Å². The molecule has 2 aliphatic rings. The summed E-state index contributed by atoms with van der Waals surface area (Å²) in [5, 5.41) is 12.1. The predicted molar refractivity (Wildman–Crippen MR) is 139 cm³/mol.